The Morgan fingerprint density at radius 3 is 2.58 bits per heavy atom. The zero-order valence-electron chi connectivity index (χ0n) is 11.5. The highest BCUT2D eigenvalue weighted by Crippen LogP contribution is 2.15. The van der Waals surface area contributed by atoms with Gasteiger partial charge >= 0.3 is 0 Å². The van der Waals surface area contributed by atoms with Gasteiger partial charge in [0.15, 0.2) is 0 Å². The molecular weight excluding hydrogens is 236 g/mol. The van der Waals surface area contributed by atoms with Crippen LogP contribution < -0.4 is 5.32 Å². The van der Waals surface area contributed by atoms with Crippen LogP contribution in [0.2, 0.25) is 0 Å². The number of fused-ring (bicyclic) bond motifs is 1. The molecule has 0 saturated carbocycles. The molecule has 3 heteroatoms. The molecule has 1 amide bonds. The van der Waals surface area contributed by atoms with Gasteiger partial charge in [0, 0.05) is 12.1 Å². The van der Waals surface area contributed by atoms with Crippen molar-refractivity contribution in [3.8, 4) is 0 Å². The van der Waals surface area contributed by atoms with E-state index in [2.05, 4.69) is 10.2 Å². The van der Waals surface area contributed by atoms with Gasteiger partial charge in [-0.2, -0.15) is 0 Å². The maximum absolute atomic E-state index is 12.0. The number of hydrogen-bond acceptors (Lipinski definition) is 2. The Morgan fingerprint density at radius 2 is 1.84 bits per heavy atom. The minimum absolute atomic E-state index is 0.00418. The molecule has 2 aromatic carbocycles. The van der Waals surface area contributed by atoms with Crippen molar-refractivity contribution in [1.29, 1.82) is 0 Å². The first-order chi connectivity index (χ1) is 9.16. The molecule has 0 aromatic heterocycles. The minimum atomic E-state index is 0.00418. The van der Waals surface area contributed by atoms with Crippen molar-refractivity contribution in [3.63, 3.8) is 0 Å². The predicted octanol–water partition coefficient (Wildman–Crippen LogP) is 2.52. The van der Waals surface area contributed by atoms with Crippen molar-refractivity contribution in [2.24, 2.45) is 0 Å². The summed E-state index contributed by atoms with van der Waals surface area (Å²) >= 11 is 0. The first-order valence-electron chi connectivity index (χ1n) is 6.58. The summed E-state index contributed by atoms with van der Waals surface area (Å²) < 4.78 is 0. The molecule has 100 valence electrons. The second kappa shape index (κ2) is 6.34. The fraction of sp³-hybridized carbons (Fsp3) is 0.312. The molecule has 0 aliphatic carbocycles. The van der Waals surface area contributed by atoms with Crippen molar-refractivity contribution in [2.75, 3.05) is 27.2 Å². The molecule has 0 spiro atoms. The molecule has 0 radical (unpaired) electrons. The minimum Gasteiger partial charge on any atom is -0.352 e. The number of carbonyl (C=O) groups is 1. The predicted molar refractivity (Wildman–Crippen MR) is 79.5 cm³/mol. The van der Waals surface area contributed by atoms with Crippen molar-refractivity contribution < 1.29 is 4.79 Å². The van der Waals surface area contributed by atoms with Gasteiger partial charge in [0.1, 0.15) is 0 Å². The third-order valence-electron chi connectivity index (χ3n) is 3.08. The molecule has 0 heterocycles. The molecule has 2 aromatic rings. The Labute approximate surface area is 114 Å². The summed E-state index contributed by atoms with van der Waals surface area (Å²) in [6, 6.07) is 13.9. The normalized spacial score (nSPS) is 10.9. The van der Waals surface area contributed by atoms with Crippen LogP contribution in [0.5, 0.6) is 0 Å². The van der Waals surface area contributed by atoms with Crippen LogP contribution >= 0.6 is 0 Å². The summed E-state index contributed by atoms with van der Waals surface area (Å²) in [5.74, 6) is 0.00418. The Balaban J connectivity index is 1.97. The first kappa shape index (κ1) is 13.6. The third kappa shape index (κ3) is 3.80. The van der Waals surface area contributed by atoms with E-state index >= 15 is 0 Å². The van der Waals surface area contributed by atoms with E-state index in [0.717, 1.165) is 29.3 Å². The molecule has 19 heavy (non-hydrogen) atoms. The van der Waals surface area contributed by atoms with Crippen LogP contribution in [0.25, 0.3) is 10.8 Å². The second-order valence-corrected chi connectivity index (χ2v) is 4.97. The smallest absolute Gasteiger partial charge is 0.251 e. The summed E-state index contributed by atoms with van der Waals surface area (Å²) in [6.07, 6.45) is 0.965. The molecule has 0 saturated heterocycles. The van der Waals surface area contributed by atoms with Gasteiger partial charge < -0.3 is 10.2 Å². The van der Waals surface area contributed by atoms with E-state index in [1.807, 2.05) is 56.6 Å². The summed E-state index contributed by atoms with van der Waals surface area (Å²) in [7, 11) is 4.07. The molecule has 0 unspecified atom stereocenters. The van der Waals surface area contributed by atoms with Crippen LogP contribution in [0.4, 0.5) is 0 Å². The van der Waals surface area contributed by atoms with Crippen LogP contribution in [0, 0.1) is 0 Å². The second-order valence-electron chi connectivity index (χ2n) is 4.97. The van der Waals surface area contributed by atoms with Gasteiger partial charge in [0.25, 0.3) is 5.91 Å². The highest BCUT2D eigenvalue weighted by atomic mass is 16.1. The lowest BCUT2D eigenvalue weighted by atomic mass is 10.1. The standard InChI is InChI=1S/C16H20N2O/c1-18(2)11-5-10-17-16(19)15-9-8-13-6-3-4-7-14(13)12-15/h3-4,6-9,12H,5,10-11H2,1-2H3,(H,17,19). The van der Waals surface area contributed by atoms with Gasteiger partial charge in [-0.1, -0.05) is 30.3 Å². The lowest BCUT2D eigenvalue weighted by molar-refractivity contribution is 0.0952. The summed E-state index contributed by atoms with van der Waals surface area (Å²) in [4.78, 5) is 14.1. The Bertz CT molecular complexity index is 563. The molecule has 2 rings (SSSR count). The molecule has 3 nitrogen and oxygen atoms in total. The molecule has 0 aliphatic rings. The lowest BCUT2D eigenvalue weighted by Crippen LogP contribution is -2.27. The third-order valence-corrected chi connectivity index (χ3v) is 3.08. The van der Waals surface area contributed by atoms with E-state index < -0.39 is 0 Å². The largest absolute Gasteiger partial charge is 0.352 e. The maximum atomic E-state index is 12.0. The molecule has 0 atom stereocenters. The van der Waals surface area contributed by atoms with Gasteiger partial charge in [-0.15, -0.1) is 0 Å². The Morgan fingerprint density at radius 1 is 1.11 bits per heavy atom. The molecular formula is C16H20N2O. The quantitative estimate of drug-likeness (QED) is 0.834. The first-order valence-corrected chi connectivity index (χ1v) is 6.58. The number of amides is 1. The fourth-order valence-electron chi connectivity index (χ4n) is 2.03. The van der Waals surface area contributed by atoms with E-state index in [1.165, 1.54) is 0 Å². The van der Waals surface area contributed by atoms with Crippen molar-refractivity contribution in [3.05, 3.63) is 48.0 Å². The van der Waals surface area contributed by atoms with Crippen molar-refractivity contribution in [1.82, 2.24) is 10.2 Å². The maximum Gasteiger partial charge on any atom is 0.251 e. The Hall–Kier alpha value is -1.87. The van der Waals surface area contributed by atoms with Crippen LogP contribution in [0.15, 0.2) is 42.5 Å². The zero-order chi connectivity index (χ0) is 13.7. The van der Waals surface area contributed by atoms with E-state index in [4.69, 9.17) is 0 Å². The zero-order valence-corrected chi connectivity index (χ0v) is 11.5. The van der Waals surface area contributed by atoms with Gasteiger partial charge in [0.2, 0.25) is 0 Å². The van der Waals surface area contributed by atoms with Crippen LogP contribution in [-0.2, 0) is 0 Å². The summed E-state index contributed by atoms with van der Waals surface area (Å²) in [5, 5.41) is 5.21. The number of hydrogen-bond donors (Lipinski definition) is 1. The summed E-state index contributed by atoms with van der Waals surface area (Å²) in [5.41, 5.74) is 0.726. The molecule has 0 aliphatic heterocycles. The number of carbonyl (C=O) groups excluding carboxylic acids is 1. The highest BCUT2D eigenvalue weighted by Gasteiger charge is 2.05. The van der Waals surface area contributed by atoms with E-state index in [1.54, 1.807) is 0 Å². The van der Waals surface area contributed by atoms with Crippen LogP contribution in [0.3, 0.4) is 0 Å². The van der Waals surface area contributed by atoms with Gasteiger partial charge in [-0.25, -0.2) is 0 Å². The van der Waals surface area contributed by atoms with Crippen LogP contribution in [-0.4, -0.2) is 38.0 Å². The van der Waals surface area contributed by atoms with Gasteiger partial charge in [-0.3, -0.25) is 4.79 Å². The van der Waals surface area contributed by atoms with E-state index in [0.29, 0.717) is 6.54 Å². The summed E-state index contributed by atoms with van der Waals surface area (Å²) in [6.45, 7) is 1.70. The number of benzene rings is 2. The average molecular weight is 256 g/mol. The lowest BCUT2D eigenvalue weighted by Gasteiger charge is -2.10. The SMILES string of the molecule is CN(C)CCCNC(=O)c1ccc2ccccc2c1. The van der Waals surface area contributed by atoms with Crippen molar-refractivity contribution in [2.45, 2.75) is 6.42 Å². The fourth-order valence-corrected chi connectivity index (χ4v) is 2.03. The topological polar surface area (TPSA) is 32.3 Å². The van der Waals surface area contributed by atoms with Gasteiger partial charge in [-0.05, 0) is 50.0 Å². The monoisotopic (exact) mass is 256 g/mol. The molecule has 1 N–H and O–H groups in total. The number of rotatable bonds is 5. The van der Waals surface area contributed by atoms with E-state index in [9.17, 15) is 4.79 Å². The Kier molecular flexibility index (Phi) is 4.53. The molecule has 0 fully saturated rings. The van der Waals surface area contributed by atoms with E-state index in [-0.39, 0.29) is 5.91 Å². The molecule has 0 bridgehead atoms. The van der Waals surface area contributed by atoms with Crippen LogP contribution in [0.1, 0.15) is 16.8 Å². The number of nitrogens with one attached hydrogen (secondary N) is 1. The highest BCUT2D eigenvalue weighted by molar-refractivity contribution is 5.98. The average Bonchev–Trinajstić information content (AvgIpc) is 2.42. The van der Waals surface area contributed by atoms with Gasteiger partial charge in [0.05, 0.1) is 0 Å². The van der Waals surface area contributed by atoms with Crippen molar-refractivity contribution >= 4 is 16.7 Å². The number of nitrogens with zero attached hydrogens (tertiary/aromatic N) is 1.